The molecule has 2 unspecified atom stereocenters. The number of nitrogens with one attached hydrogen (secondary N) is 1. The van der Waals surface area contributed by atoms with Crippen molar-refractivity contribution < 1.29 is 4.79 Å². The van der Waals surface area contributed by atoms with Gasteiger partial charge in [-0.1, -0.05) is 0 Å². The van der Waals surface area contributed by atoms with Crippen molar-refractivity contribution in [3.63, 3.8) is 0 Å². The number of nitrogens with zero attached hydrogens (tertiary/aromatic N) is 1. The quantitative estimate of drug-likeness (QED) is 0.692. The molecule has 15 heavy (non-hydrogen) atoms. The lowest BCUT2D eigenvalue weighted by atomic mass is 9.97. The summed E-state index contributed by atoms with van der Waals surface area (Å²) in [6, 6.07) is 1.40. The number of piperidine rings is 1. The van der Waals surface area contributed by atoms with Gasteiger partial charge in [0.15, 0.2) is 0 Å². The number of rotatable bonds is 4. The fraction of sp³-hybridized carbons (Fsp3) is 0.909. The first-order chi connectivity index (χ1) is 7.25. The van der Waals surface area contributed by atoms with E-state index in [1.165, 1.54) is 38.8 Å². The van der Waals surface area contributed by atoms with Crippen molar-refractivity contribution in [2.75, 3.05) is 19.6 Å². The van der Waals surface area contributed by atoms with Crippen LogP contribution in [0.5, 0.6) is 0 Å². The lowest BCUT2D eigenvalue weighted by molar-refractivity contribution is -0.117. The Kier molecular flexibility index (Phi) is 3.59. The van der Waals surface area contributed by atoms with E-state index in [0.717, 1.165) is 12.6 Å². The summed E-state index contributed by atoms with van der Waals surface area (Å²) in [6.45, 7) is 3.25. The topological polar surface area (TPSA) is 58.4 Å². The van der Waals surface area contributed by atoms with Crippen LogP contribution < -0.4 is 11.1 Å². The Balaban J connectivity index is 1.68. The van der Waals surface area contributed by atoms with Crippen molar-refractivity contribution in [2.45, 2.75) is 44.2 Å². The molecule has 2 saturated heterocycles. The highest BCUT2D eigenvalue weighted by Crippen LogP contribution is 2.26. The summed E-state index contributed by atoms with van der Waals surface area (Å²) in [4.78, 5) is 13.2. The Morgan fingerprint density at radius 1 is 1.40 bits per heavy atom. The standard InChI is InChI=1S/C11H21N3O/c12-11(15)3-5-13-9-4-7-14-6-1-2-10(14)8-9/h9-10,13H,1-8H2,(H2,12,15). The van der Waals surface area contributed by atoms with E-state index in [1.54, 1.807) is 0 Å². The van der Waals surface area contributed by atoms with Crippen LogP contribution in [0, 0.1) is 0 Å². The highest BCUT2D eigenvalue weighted by molar-refractivity contribution is 5.73. The predicted molar refractivity (Wildman–Crippen MR) is 59.4 cm³/mol. The SMILES string of the molecule is NC(=O)CCNC1CCN2CCCC2C1. The van der Waals surface area contributed by atoms with E-state index in [-0.39, 0.29) is 5.91 Å². The summed E-state index contributed by atoms with van der Waals surface area (Å²) < 4.78 is 0. The first-order valence-electron chi connectivity index (χ1n) is 6.01. The van der Waals surface area contributed by atoms with Gasteiger partial charge in [-0.05, 0) is 38.8 Å². The number of primary amides is 1. The molecule has 0 bridgehead atoms. The van der Waals surface area contributed by atoms with Gasteiger partial charge in [-0.15, -0.1) is 0 Å². The minimum absolute atomic E-state index is 0.208. The normalized spacial score (nSPS) is 31.5. The van der Waals surface area contributed by atoms with Gasteiger partial charge in [-0.25, -0.2) is 0 Å². The largest absolute Gasteiger partial charge is 0.370 e. The molecule has 0 saturated carbocycles. The fourth-order valence-corrected chi connectivity index (χ4v) is 2.81. The molecular weight excluding hydrogens is 190 g/mol. The molecule has 2 rings (SSSR count). The molecule has 0 aromatic rings. The van der Waals surface area contributed by atoms with E-state index in [4.69, 9.17) is 5.73 Å². The molecule has 4 heteroatoms. The third-order valence-corrected chi connectivity index (χ3v) is 3.62. The predicted octanol–water partition coefficient (Wildman–Crippen LogP) is 0.0782. The molecule has 0 aromatic heterocycles. The van der Waals surface area contributed by atoms with Crippen molar-refractivity contribution in [1.82, 2.24) is 10.2 Å². The van der Waals surface area contributed by atoms with Gasteiger partial charge in [0, 0.05) is 25.0 Å². The molecule has 0 radical (unpaired) electrons. The number of fused-ring (bicyclic) bond motifs is 1. The van der Waals surface area contributed by atoms with E-state index < -0.39 is 0 Å². The van der Waals surface area contributed by atoms with Crippen molar-refractivity contribution >= 4 is 5.91 Å². The van der Waals surface area contributed by atoms with Crippen LogP contribution in [0.25, 0.3) is 0 Å². The number of hydrogen-bond acceptors (Lipinski definition) is 3. The van der Waals surface area contributed by atoms with E-state index >= 15 is 0 Å². The summed E-state index contributed by atoms with van der Waals surface area (Å²) >= 11 is 0. The van der Waals surface area contributed by atoms with E-state index in [0.29, 0.717) is 12.5 Å². The average Bonchev–Trinajstić information content (AvgIpc) is 2.64. The summed E-state index contributed by atoms with van der Waals surface area (Å²) in [7, 11) is 0. The van der Waals surface area contributed by atoms with Crippen molar-refractivity contribution in [3.05, 3.63) is 0 Å². The van der Waals surface area contributed by atoms with Crippen LogP contribution in [0.2, 0.25) is 0 Å². The fourth-order valence-electron chi connectivity index (χ4n) is 2.81. The number of nitrogens with two attached hydrogens (primary N) is 1. The van der Waals surface area contributed by atoms with E-state index in [2.05, 4.69) is 10.2 Å². The molecule has 2 aliphatic rings. The lowest BCUT2D eigenvalue weighted by Gasteiger charge is -2.35. The highest BCUT2D eigenvalue weighted by atomic mass is 16.1. The van der Waals surface area contributed by atoms with Gasteiger partial charge in [0.2, 0.25) is 5.91 Å². The third-order valence-electron chi connectivity index (χ3n) is 3.62. The molecule has 1 amide bonds. The second kappa shape index (κ2) is 4.94. The first kappa shape index (κ1) is 10.9. The zero-order valence-corrected chi connectivity index (χ0v) is 9.24. The molecule has 2 atom stereocenters. The Morgan fingerprint density at radius 3 is 3.07 bits per heavy atom. The molecule has 0 aliphatic carbocycles. The number of amides is 1. The third kappa shape index (κ3) is 2.92. The van der Waals surface area contributed by atoms with Gasteiger partial charge >= 0.3 is 0 Å². The zero-order chi connectivity index (χ0) is 10.7. The molecule has 2 aliphatic heterocycles. The molecule has 0 spiro atoms. The minimum atomic E-state index is -0.208. The van der Waals surface area contributed by atoms with Crippen molar-refractivity contribution in [1.29, 1.82) is 0 Å². The van der Waals surface area contributed by atoms with Crippen LogP contribution >= 0.6 is 0 Å². The van der Waals surface area contributed by atoms with E-state index in [1.807, 2.05) is 0 Å². The lowest BCUT2D eigenvalue weighted by Crippen LogP contribution is -2.46. The van der Waals surface area contributed by atoms with Gasteiger partial charge in [-0.2, -0.15) is 0 Å². The second-order valence-corrected chi connectivity index (χ2v) is 4.72. The molecule has 0 aromatic carbocycles. The summed E-state index contributed by atoms with van der Waals surface area (Å²) in [5.74, 6) is -0.208. The number of hydrogen-bond donors (Lipinski definition) is 2. The summed E-state index contributed by atoms with van der Waals surface area (Å²) in [5, 5.41) is 3.44. The summed E-state index contributed by atoms with van der Waals surface area (Å²) in [5.41, 5.74) is 5.11. The molecule has 86 valence electrons. The van der Waals surface area contributed by atoms with Gasteiger partial charge in [0.05, 0.1) is 0 Å². The maximum absolute atomic E-state index is 10.6. The Labute approximate surface area is 91.2 Å². The summed E-state index contributed by atoms with van der Waals surface area (Å²) in [6.07, 6.45) is 5.64. The minimum Gasteiger partial charge on any atom is -0.370 e. The molecule has 4 nitrogen and oxygen atoms in total. The van der Waals surface area contributed by atoms with E-state index in [9.17, 15) is 4.79 Å². The van der Waals surface area contributed by atoms with Crippen LogP contribution in [-0.2, 0) is 4.79 Å². The Hall–Kier alpha value is -0.610. The Morgan fingerprint density at radius 2 is 2.27 bits per heavy atom. The van der Waals surface area contributed by atoms with Crippen LogP contribution in [0.15, 0.2) is 0 Å². The first-order valence-corrected chi connectivity index (χ1v) is 6.01. The van der Waals surface area contributed by atoms with Gasteiger partial charge in [0.25, 0.3) is 0 Å². The van der Waals surface area contributed by atoms with Gasteiger partial charge in [-0.3, -0.25) is 4.79 Å². The number of carbonyl (C=O) groups is 1. The smallest absolute Gasteiger partial charge is 0.218 e. The van der Waals surface area contributed by atoms with Crippen molar-refractivity contribution in [2.24, 2.45) is 5.73 Å². The molecule has 3 N–H and O–H groups in total. The van der Waals surface area contributed by atoms with Crippen LogP contribution in [0.4, 0.5) is 0 Å². The second-order valence-electron chi connectivity index (χ2n) is 4.72. The zero-order valence-electron chi connectivity index (χ0n) is 9.24. The Bertz CT molecular complexity index is 232. The molecule has 2 fully saturated rings. The van der Waals surface area contributed by atoms with Crippen LogP contribution in [-0.4, -0.2) is 42.5 Å². The maximum atomic E-state index is 10.6. The monoisotopic (exact) mass is 211 g/mol. The average molecular weight is 211 g/mol. The van der Waals surface area contributed by atoms with Crippen molar-refractivity contribution in [3.8, 4) is 0 Å². The maximum Gasteiger partial charge on any atom is 0.218 e. The van der Waals surface area contributed by atoms with Crippen LogP contribution in [0.3, 0.4) is 0 Å². The van der Waals surface area contributed by atoms with Gasteiger partial charge in [0.1, 0.15) is 0 Å². The number of carbonyl (C=O) groups excluding carboxylic acids is 1. The van der Waals surface area contributed by atoms with Crippen LogP contribution in [0.1, 0.15) is 32.1 Å². The molecular formula is C11H21N3O. The highest BCUT2D eigenvalue weighted by Gasteiger charge is 2.31. The molecule has 2 heterocycles. The van der Waals surface area contributed by atoms with Gasteiger partial charge < -0.3 is 16.0 Å².